The average Bonchev–Trinajstić information content (AvgIpc) is 2.53. The molecule has 0 aliphatic carbocycles. The van der Waals surface area contributed by atoms with Crippen LogP contribution in [-0.2, 0) is 0 Å². The number of carbonyl (C=O) groups is 1. The topological polar surface area (TPSA) is 49.0 Å². The zero-order valence-corrected chi connectivity index (χ0v) is 7.89. The number of aromatic amines is 1. The van der Waals surface area contributed by atoms with Crippen molar-refractivity contribution in [3.8, 4) is 0 Å². The van der Waals surface area contributed by atoms with Crippen molar-refractivity contribution in [3.05, 3.63) is 18.0 Å². The SMILES string of the molecule is CCN(C)C(=O)c1ccn[nH]1.Cl. The van der Waals surface area contributed by atoms with Gasteiger partial charge in [-0.1, -0.05) is 0 Å². The first kappa shape index (κ1) is 11.0. The van der Waals surface area contributed by atoms with E-state index in [0.717, 1.165) is 0 Å². The minimum Gasteiger partial charge on any atom is -0.341 e. The fourth-order valence-electron chi connectivity index (χ4n) is 0.724. The normalized spacial score (nSPS) is 8.83. The molecule has 5 heteroatoms. The molecule has 1 aromatic rings. The molecule has 0 aliphatic rings. The van der Waals surface area contributed by atoms with Crippen LogP contribution in [0, 0.1) is 0 Å². The highest BCUT2D eigenvalue weighted by Gasteiger charge is 2.09. The van der Waals surface area contributed by atoms with Crippen LogP contribution in [0.1, 0.15) is 17.4 Å². The second kappa shape index (κ2) is 4.77. The maximum atomic E-state index is 11.3. The molecule has 0 fully saturated rings. The summed E-state index contributed by atoms with van der Waals surface area (Å²) >= 11 is 0. The molecule has 1 amide bonds. The molecule has 0 saturated carbocycles. The van der Waals surface area contributed by atoms with Crippen LogP contribution in [0.2, 0.25) is 0 Å². The van der Waals surface area contributed by atoms with Crippen molar-refractivity contribution >= 4 is 18.3 Å². The Labute approximate surface area is 77.4 Å². The molecule has 1 N–H and O–H groups in total. The lowest BCUT2D eigenvalue weighted by Gasteiger charge is -2.11. The van der Waals surface area contributed by atoms with E-state index in [1.807, 2.05) is 6.92 Å². The van der Waals surface area contributed by atoms with Gasteiger partial charge in [0, 0.05) is 19.8 Å². The first-order valence-corrected chi connectivity index (χ1v) is 3.50. The predicted octanol–water partition coefficient (Wildman–Crippen LogP) is 0.923. The molecule has 0 aromatic carbocycles. The van der Waals surface area contributed by atoms with Gasteiger partial charge in [0.15, 0.2) is 0 Å². The molecule has 1 heterocycles. The number of amides is 1. The van der Waals surface area contributed by atoms with E-state index in [9.17, 15) is 4.79 Å². The molecule has 0 bridgehead atoms. The summed E-state index contributed by atoms with van der Waals surface area (Å²) < 4.78 is 0. The highest BCUT2D eigenvalue weighted by atomic mass is 35.5. The Kier molecular flexibility index (Phi) is 4.36. The van der Waals surface area contributed by atoms with Crippen LogP contribution in [-0.4, -0.2) is 34.6 Å². The minimum atomic E-state index is -0.0231. The van der Waals surface area contributed by atoms with E-state index in [1.165, 1.54) is 0 Å². The van der Waals surface area contributed by atoms with Crippen LogP contribution in [0.3, 0.4) is 0 Å². The molecule has 4 nitrogen and oxygen atoms in total. The first-order chi connectivity index (χ1) is 5.25. The molecule has 12 heavy (non-hydrogen) atoms. The molecule has 0 unspecified atom stereocenters. The van der Waals surface area contributed by atoms with Gasteiger partial charge in [-0.3, -0.25) is 9.89 Å². The Balaban J connectivity index is 0.00000121. The number of halogens is 1. The van der Waals surface area contributed by atoms with Gasteiger partial charge in [-0.15, -0.1) is 12.4 Å². The molecule has 0 atom stereocenters. The van der Waals surface area contributed by atoms with Crippen LogP contribution < -0.4 is 0 Å². The van der Waals surface area contributed by atoms with Gasteiger partial charge < -0.3 is 4.90 Å². The molecule has 0 spiro atoms. The van der Waals surface area contributed by atoms with Crippen molar-refractivity contribution in [3.63, 3.8) is 0 Å². The van der Waals surface area contributed by atoms with Crippen molar-refractivity contribution in [1.29, 1.82) is 0 Å². The summed E-state index contributed by atoms with van der Waals surface area (Å²) in [5.41, 5.74) is 0.536. The Bertz CT molecular complexity index is 235. The van der Waals surface area contributed by atoms with E-state index in [1.54, 1.807) is 24.2 Å². The molecule has 0 aliphatic heterocycles. The van der Waals surface area contributed by atoms with Crippen LogP contribution in [0.5, 0.6) is 0 Å². The number of nitrogens with one attached hydrogen (secondary N) is 1. The second-order valence-electron chi connectivity index (χ2n) is 2.29. The number of hydrogen-bond acceptors (Lipinski definition) is 2. The van der Waals surface area contributed by atoms with Gasteiger partial charge in [-0.2, -0.15) is 5.10 Å². The maximum Gasteiger partial charge on any atom is 0.271 e. The third-order valence-corrected chi connectivity index (χ3v) is 1.55. The van der Waals surface area contributed by atoms with Crippen LogP contribution in [0.4, 0.5) is 0 Å². The Morgan fingerprint density at radius 2 is 2.42 bits per heavy atom. The van der Waals surface area contributed by atoms with Gasteiger partial charge in [0.1, 0.15) is 5.69 Å². The van der Waals surface area contributed by atoms with Gasteiger partial charge in [-0.25, -0.2) is 0 Å². The number of aromatic nitrogens is 2. The third kappa shape index (κ3) is 2.23. The molecular weight excluding hydrogens is 178 g/mol. The Hall–Kier alpha value is -1.03. The summed E-state index contributed by atoms with van der Waals surface area (Å²) in [6.45, 7) is 2.63. The van der Waals surface area contributed by atoms with E-state index in [-0.39, 0.29) is 18.3 Å². The summed E-state index contributed by atoms with van der Waals surface area (Å²) in [6, 6.07) is 1.66. The molecule has 0 saturated heterocycles. The first-order valence-electron chi connectivity index (χ1n) is 3.50. The van der Waals surface area contributed by atoms with E-state index in [0.29, 0.717) is 12.2 Å². The summed E-state index contributed by atoms with van der Waals surface area (Å²) in [5, 5.41) is 6.30. The van der Waals surface area contributed by atoms with E-state index in [2.05, 4.69) is 10.2 Å². The maximum absolute atomic E-state index is 11.3. The molecular formula is C7H12ClN3O. The smallest absolute Gasteiger partial charge is 0.271 e. The van der Waals surface area contributed by atoms with E-state index >= 15 is 0 Å². The van der Waals surface area contributed by atoms with Gasteiger partial charge in [0.05, 0.1) is 0 Å². The highest BCUT2D eigenvalue weighted by Crippen LogP contribution is 1.96. The second-order valence-corrected chi connectivity index (χ2v) is 2.29. The Morgan fingerprint density at radius 1 is 1.75 bits per heavy atom. The van der Waals surface area contributed by atoms with Crippen LogP contribution >= 0.6 is 12.4 Å². The van der Waals surface area contributed by atoms with Crippen LogP contribution in [0.15, 0.2) is 12.3 Å². The van der Waals surface area contributed by atoms with Crippen molar-refractivity contribution in [2.45, 2.75) is 6.92 Å². The Morgan fingerprint density at radius 3 is 2.83 bits per heavy atom. The number of H-pyrrole nitrogens is 1. The number of carbonyl (C=O) groups excluding carboxylic acids is 1. The fourth-order valence-corrected chi connectivity index (χ4v) is 0.724. The van der Waals surface area contributed by atoms with Gasteiger partial charge in [-0.05, 0) is 13.0 Å². The summed E-state index contributed by atoms with van der Waals surface area (Å²) in [6.07, 6.45) is 1.57. The number of hydrogen-bond donors (Lipinski definition) is 1. The molecule has 1 aromatic heterocycles. The van der Waals surface area contributed by atoms with Crippen molar-refractivity contribution < 1.29 is 4.79 Å². The lowest BCUT2D eigenvalue weighted by Crippen LogP contribution is -2.26. The summed E-state index contributed by atoms with van der Waals surface area (Å²) in [4.78, 5) is 12.9. The van der Waals surface area contributed by atoms with Crippen molar-refractivity contribution in [1.82, 2.24) is 15.1 Å². The highest BCUT2D eigenvalue weighted by molar-refractivity contribution is 5.91. The van der Waals surface area contributed by atoms with Gasteiger partial charge in [0.2, 0.25) is 0 Å². The quantitative estimate of drug-likeness (QED) is 0.753. The van der Waals surface area contributed by atoms with Crippen molar-refractivity contribution in [2.75, 3.05) is 13.6 Å². The molecule has 68 valence electrons. The van der Waals surface area contributed by atoms with Crippen LogP contribution in [0.25, 0.3) is 0 Å². The third-order valence-electron chi connectivity index (χ3n) is 1.55. The number of nitrogens with zero attached hydrogens (tertiary/aromatic N) is 2. The lowest BCUT2D eigenvalue weighted by atomic mass is 10.4. The lowest BCUT2D eigenvalue weighted by molar-refractivity contribution is 0.0796. The molecule has 0 radical (unpaired) electrons. The van der Waals surface area contributed by atoms with Gasteiger partial charge >= 0.3 is 0 Å². The average molecular weight is 190 g/mol. The zero-order chi connectivity index (χ0) is 8.27. The van der Waals surface area contributed by atoms with E-state index in [4.69, 9.17) is 0 Å². The van der Waals surface area contributed by atoms with Crippen molar-refractivity contribution in [2.24, 2.45) is 0 Å². The number of rotatable bonds is 2. The monoisotopic (exact) mass is 189 g/mol. The predicted molar refractivity (Wildman–Crippen MR) is 48.5 cm³/mol. The summed E-state index contributed by atoms with van der Waals surface area (Å²) in [5.74, 6) is -0.0231. The fraction of sp³-hybridized carbons (Fsp3) is 0.429. The zero-order valence-electron chi connectivity index (χ0n) is 7.07. The van der Waals surface area contributed by atoms with Gasteiger partial charge in [0.25, 0.3) is 5.91 Å². The van der Waals surface area contributed by atoms with E-state index < -0.39 is 0 Å². The summed E-state index contributed by atoms with van der Waals surface area (Å²) in [7, 11) is 1.75. The standard InChI is InChI=1S/C7H11N3O.ClH/c1-3-10(2)7(11)6-4-5-8-9-6;/h4-5H,3H2,1-2H3,(H,8,9);1H. The molecule has 1 rings (SSSR count). The largest absolute Gasteiger partial charge is 0.341 e. The minimum absolute atomic E-state index is 0.